The molecule has 0 saturated heterocycles. The Morgan fingerprint density at radius 3 is 3.18 bits per heavy atom. The van der Waals surface area contributed by atoms with Gasteiger partial charge < -0.3 is 14.2 Å². The number of nitrogens with one attached hydrogen (secondary N) is 2. The predicted molar refractivity (Wildman–Crippen MR) is 80.2 cm³/mol. The van der Waals surface area contributed by atoms with E-state index in [1.807, 2.05) is 0 Å². The molecule has 1 aliphatic rings. The fourth-order valence-electron chi connectivity index (χ4n) is 1.86. The smallest absolute Gasteiger partial charge is 0.285 e. The lowest BCUT2D eigenvalue weighted by Crippen LogP contribution is -2.10. The summed E-state index contributed by atoms with van der Waals surface area (Å²) in [6.07, 6.45) is 2.89. The van der Waals surface area contributed by atoms with Crippen molar-refractivity contribution in [2.45, 2.75) is 0 Å². The van der Waals surface area contributed by atoms with E-state index in [1.54, 1.807) is 12.1 Å². The largest absolute Gasteiger partial charge is 0.493 e. The molecule has 0 spiro atoms. The molecule has 0 unspecified atom stereocenters. The maximum Gasteiger partial charge on any atom is 0.285 e. The van der Waals surface area contributed by atoms with E-state index < -0.39 is 5.56 Å². The molecule has 0 radical (unpaired) electrons. The fourth-order valence-corrected chi connectivity index (χ4v) is 2.00. The number of ether oxygens (including phenoxy) is 3. The lowest BCUT2D eigenvalue weighted by atomic mass is 10.2. The molecule has 0 aliphatic carbocycles. The zero-order chi connectivity index (χ0) is 15.5. The normalized spacial score (nSPS) is 12.6. The Bertz CT molecular complexity index is 790. The average molecular weight is 323 g/mol. The third-order valence-corrected chi connectivity index (χ3v) is 3.25. The summed E-state index contributed by atoms with van der Waals surface area (Å²) in [5.41, 5.74) is 3.18. The molecule has 0 fully saturated rings. The first-order valence-electron chi connectivity index (χ1n) is 6.19. The van der Waals surface area contributed by atoms with Gasteiger partial charge in [-0.05, 0) is 12.1 Å². The summed E-state index contributed by atoms with van der Waals surface area (Å²) in [7, 11) is 1.54. The van der Waals surface area contributed by atoms with Gasteiger partial charge in [-0.1, -0.05) is 11.6 Å². The first-order chi connectivity index (χ1) is 10.7. The molecule has 2 heterocycles. The van der Waals surface area contributed by atoms with Gasteiger partial charge in [0.05, 0.1) is 19.5 Å². The van der Waals surface area contributed by atoms with Crippen LogP contribution < -0.4 is 25.2 Å². The molecule has 0 amide bonds. The average Bonchev–Trinajstić information content (AvgIpc) is 2.99. The third-order valence-electron chi connectivity index (χ3n) is 2.87. The van der Waals surface area contributed by atoms with Gasteiger partial charge in [-0.3, -0.25) is 10.2 Å². The number of nitrogens with zero attached hydrogens (tertiary/aromatic N) is 2. The summed E-state index contributed by atoms with van der Waals surface area (Å²) in [4.78, 5) is 11.3. The van der Waals surface area contributed by atoms with Crippen molar-refractivity contribution in [2.75, 3.05) is 19.3 Å². The molecule has 22 heavy (non-hydrogen) atoms. The summed E-state index contributed by atoms with van der Waals surface area (Å²) in [6, 6.07) is 3.50. The van der Waals surface area contributed by atoms with Crippen molar-refractivity contribution in [2.24, 2.45) is 5.10 Å². The Morgan fingerprint density at radius 2 is 2.36 bits per heavy atom. The molecule has 0 atom stereocenters. The van der Waals surface area contributed by atoms with Gasteiger partial charge in [0.15, 0.2) is 11.5 Å². The van der Waals surface area contributed by atoms with Crippen LogP contribution in [-0.4, -0.2) is 30.3 Å². The summed E-state index contributed by atoms with van der Waals surface area (Å²) in [5.74, 6) is 1.69. The second-order valence-corrected chi connectivity index (χ2v) is 4.63. The molecule has 2 N–H and O–H groups in total. The lowest BCUT2D eigenvalue weighted by molar-refractivity contribution is 0.171. The lowest BCUT2D eigenvalue weighted by Gasteiger charge is -2.05. The van der Waals surface area contributed by atoms with Gasteiger partial charge in [-0.15, -0.1) is 0 Å². The van der Waals surface area contributed by atoms with Crippen molar-refractivity contribution in [1.29, 1.82) is 0 Å². The van der Waals surface area contributed by atoms with Crippen LogP contribution in [0.15, 0.2) is 28.2 Å². The number of hydrogen-bond donors (Lipinski definition) is 2. The standard InChI is InChI=1S/C13H11ClN4O4/c1-20-9-2-7(3-10-12(9)22-6-21-10)4-15-17-8-5-16-18-13(19)11(8)14/h2-5H,6H2,1H3,(H2,17,18,19)/b15-4-. The number of rotatable bonds is 4. The van der Waals surface area contributed by atoms with Crippen molar-refractivity contribution in [1.82, 2.24) is 10.2 Å². The first-order valence-corrected chi connectivity index (χ1v) is 6.56. The van der Waals surface area contributed by atoms with Crippen LogP contribution in [-0.2, 0) is 0 Å². The van der Waals surface area contributed by atoms with Crippen molar-refractivity contribution in [3.05, 3.63) is 39.3 Å². The number of fused-ring (bicyclic) bond motifs is 1. The number of hydrazone groups is 1. The molecule has 3 rings (SSSR count). The molecule has 0 bridgehead atoms. The zero-order valence-electron chi connectivity index (χ0n) is 11.4. The molecule has 114 valence electrons. The predicted octanol–water partition coefficient (Wildman–Crippen LogP) is 1.61. The SMILES string of the molecule is COc1cc(/C=N\Nc2cn[nH]c(=O)c2Cl)cc2c1OCO2. The van der Waals surface area contributed by atoms with Crippen LogP contribution in [0.5, 0.6) is 17.2 Å². The second-order valence-electron chi connectivity index (χ2n) is 4.25. The van der Waals surface area contributed by atoms with Crippen LogP contribution in [0.2, 0.25) is 5.02 Å². The van der Waals surface area contributed by atoms with Gasteiger partial charge in [-0.2, -0.15) is 10.2 Å². The Labute approximate surface area is 129 Å². The number of benzene rings is 1. The third kappa shape index (κ3) is 2.68. The molecule has 1 aromatic carbocycles. The van der Waals surface area contributed by atoms with E-state index in [0.717, 1.165) is 5.56 Å². The molecular formula is C13H11ClN4O4. The second kappa shape index (κ2) is 5.94. The topological polar surface area (TPSA) is 97.8 Å². The monoisotopic (exact) mass is 322 g/mol. The van der Waals surface area contributed by atoms with Crippen molar-refractivity contribution in [3.8, 4) is 17.2 Å². The van der Waals surface area contributed by atoms with Crippen molar-refractivity contribution >= 4 is 23.5 Å². The fraction of sp³-hybridized carbons (Fsp3) is 0.154. The van der Waals surface area contributed by atoms with Gasteiger partial charge in [0, 0.05) is 5.56 Å². The maximum absolute atomic E-state index is 11.3. The molecule has 2 aromatic rings. The minimum Gasteiger partial charge on any atom is -0.493 e. The van der Waals surface area contributed by atoms with Crippen LogP contribution in [0, 0.1) is 0 Å². The molecule has 1 aromatic heterocycles. The van der Waals surface area contributed by atoms with Gasteiger partial charge in [0.1, 0.15) is 10.7 Å². The Balaban J connectivity index is 1.81. The summed E-state index contributed by atoms with van der Waals surface area (Å²) in [6.45, 7) is 0.151. The van der Waals surface area contributed by atoms with Gasteiger partial charge >= 0.3 is 0 Å². The van der Waals surface area contributed by atoms with E-state index >= 15 is 0 Å². The quantitative estimate of drug-likeness (QED) is 0.655. The minimum atomic E-state index is -0.494. The van der Waals surface area contributed by atoms with Gasteiger partial charge in [0.25, 0.3) is 5.56 Å². The van der Waals surface area contributed by atoms with Crippen LogP contribution in [0.3, 0.4) is 0 Å². The number of hydrogen-bond acceptors (Lipinski definition) is 7. The number of aromatic amines is 1. The Kier molecular flexibility index (Phi) is 3.84. The van der Waals surface area contributed by atoms with Crippen LogP contribution in [0.4, 0.5) is 5.69 Å². The number of H-pyrrole nitrogens is 1. The highest BCUT2D eigenvalue weighted by Crippen LogP contribution is 2.41. The molecule has 8 nitrogen and oxygen atoms in total. The van der Waals surface area contributed by atoms with Gasteiger partial charge in [-0.25, -0.2) is 5.10 Å². The number of methoxy groups -OCH3 is 1. The van der Waals surface area contributed by atoms with Crippen molar-refractivity contribution < 1.29 is 14.2 Å². The van der Waals surface area contributed by atoms with E-state index in [9.17, 15) is 4.79 Å². The Morgan fingerprint density at radius 1 is 1.50 bits per heavy atom. The Hall–Kier alpha value is -2.74. The molecule has 0 saturated carbocycles. The number of anilines is 1. The van der Waals surface area contributed by atoms with E-state index in [4.69, 9.17) is 25.8 Å². The molecular weight excluding hydrogens is 312 g/mol. The van der Waals surface area contributed by atoms with Crippen LogP contribution in [0.1, 0.15) is 5.56 Å². The summed E-state index contributed by atoms with van der Waals surface area (Å²) >= 11 is 5.82. The molecule has 1 aliphatic heterocycles. The van der Waals surface area contributed by atoms with E-state index in [2.05, 4.69) is 20.7 Å². The van der Waals surface area contributed by atoms with E-state index in [-0.39, 0.29) is 11.8 Å². The van der Waals surface area contributed by atoms with Gasteiger partial charge in [0.2, 0.25) is 12.5 Å². The van der Waals surface area contributed by atoms with Crippen molar-refractivity contribution in [3.63, 3.8) is 0 Å². The summed E-state index contributed by atoms with van der Waals surface area (Å²) in [5, 5.41) is 9.84. The van der Waals surface area contributed by atoms with E-state index in [1.165, 1.54) is 19.5 Å². The molecule has 9 heteroatoms. The first kappa shape index (κ1) is 14.2. The highest BCUT2D eigenvalue weighted by molar-refractivity contribution is 6.32. The van der Waals surface area contributed by atoms with Crippen LogP contribution in [0.25, 0.3) is 0 Å². The van der Waals surface area contributed by atoms with E-state index in [0.29, 0.717) is 22.9 Å². The summed E-state index contributed by atoms with van der Waals surface area (Å²) < 4.78 is 15.9. The highest BCUT2D eigenvalue weighted by Gasteiger charge is 2.19. The maximum atomic E-state index is 11.3. The minimum absolute atomic E-state index is 0.0181. The zero-order valence-corrected chi connectivity index (χ0v) is 12.2. The number of halogens is 1. The van der Waals surface area contributed by atoms with Crippen LogP contribution >= 0.6 is 11.6 Å². The number of aromatic nitrogens is 2. The highest BCUT2D eigenvalue weighted by atomic mass is 35.5.